The summed E-state index contributed by atoms with van der Waals surface area (Å²) < 4.78 is 0. The van der Waals surface area contributed by atoms with Crippen LogP contribution in [0.3, 0.4) is 0 Å². The highest BCUT2D eigenvalue weighted by Gasteiger charge is 2.50. The molecule has 1 fully saturated rings. The topological polar surface area (TPSA) is 97.1 Å². The Labute approximate surface area is 117 Å². The van der Waals surface area contributed by atoms with Gasteiger partial charge in [-0.3, -0.25) is 4.79 Å². The molecule has 104 valence electrons. The molecule has 0 bridgehead atoms. The highest BCUT2D eigenvalue weighted by molar-refractivity contribution is 6.25. The Balaban J connectivity index is 2.06. The lowest BCUT2D eigenvalue weighted by atomic mass is 9.98. The van der Waals surface area contributed by atoms with Crippen molar-refractivity contribution in [2.24, 2.45) is 21.5 Å². The number of para-hydroxylation sites is 1. The number of nitrogens with zero attached hydrogens (tertiary/aromatic N) is 3. The number of benzene rings is 1. The molecule has 1 spiro atoms. The van der Waals surface area contributed by atoms with Crippen LogP contribution in [-0.4, -0.2) is 23.4 Å². The van der Waals surface area contributed by atoms with Crippen LogP contribution in [0.25, 0.3) is 0 Å². The Kier molecular flexibility index (Phi) is 2.93. The Morgan fingerprint density at radius 1 is 1.20 bits per heavy atom. The van der Waals surface area contributed by atoms with Crippen molar-refractivity contribution in [2.45, 2.75) is 31.2 Å². The monoisotopic (exact) mass is 271 g/mol. The number of anilines is 1. The van der Waals surface area contributed by atoms with Crippen molar-refractivity contribution < 1.29 is 4.79 Å². The van der Waals surface area contributed by atoms with E-state index in [0.29, 0.717) is 5.96 Å². The smallest absolute Gasteiger partial charge is 0.261 e. The third-order valence-electron chi connectivity index (χ3n) is 3.79. The van der Waals surface area contributed by atoms with E-state index in [1.54, 1.807) is 0 Å². The SMILES string of the molecule is NC(N)=NC1=NC2(CCCC2)C(=O)N1c1ccccc1. The number of rotatable bonds is 1. The average Bonchev–Trinajstić information content (AvgIpc) is 2.98. The van der Waals surface area contributed by atoms with Gasteiger partial charge in [-0.05, 0) is 25.0 Å². The molecule has 20 heavy (non-hydrogen) atoms. The van der Waals surface area contributed by atoms with Crippen LogP contribution < -0.4 is 16.4 Å². The highest BCUT2D eigenvalue weighted by atomic mass is 16.2. The highest BCUT2D eigenvalue weighted by Crippen LogP contribution is 2.40. The molecular formula is C14H17N5O. The summed E-state index contributed by atoms with van der Waals surface area (Å²) in [6.45, 7) is 0. The van der Waals surface area contributed by atoms with Gasteiger partial charge in [-0.15, -0.1) is 0 Å². The summed E-state index contributed by atoms with van der Waals surface area (Å²) in [5.74, 6) is 0.178. The van der Waals surface area contributed by atoms with Crippen molar-refractivity contribution in [1.82, 2.24) is 0 Å². The van der Waals surface area contributed by atoms with Crippen LogP contribution in [-0.2, 0) is 4.79 Å². The lowest BCUT2D eigenvalue weighted by molar-refractivity contribution is -0.121. The maximum absolute atomic E-state index is 12.8. The van der Waals surface area contributed by atoms with Gasteiger partial charge in [0.1, 0.15) is 5.54 Å². The van der Waals surface area contributed by atoms with Crippen molar-refractivity contribution in [2.75, 3.05) is 4.90 Å². The average molecular weight is 271 g/mol. The zero-order chi connectivity index (χ0) is 14.2. The molecule has 0 atom stereocenters. The van der Waals surface area contributed by atoms with Crippen LogP contribution in [0.5, 0.6) is 0 Å². The van der Waals surface area contributed by atoms with Gasteiger partial charge < -0.3 is 11.5 Å². The standard InChI is InChI=1S/C14H17N5O/c15-12(16)17-13-18-14(8-4-5-9-14)11(20)19(13)10-6-2-1-3-7-10/h1-3,6-7H,4-5,8-9H2,(H4,15,16,17,18). The van der Waals surface area contributed by atoms with E-state index in [-0.39, 0.29) is 11.9 Å². The number of carbonyl (C=O) groups is 1. The van der Waals surface area contributed by atoms with Gasteiger partial charge in [0, 0.05) is 0 Å². The molecule has 2 aliphatic rings. The quantitative estimate of drug-likeness (QED) is 0.588. The van der Waals surface area contributed by atoms with E-state index in [0.717, 1.165) is 31.4 Å². The number of guanidine groups is 2. The molecule has 1 saturated carbocycles. The predicted molar refractivity (Wildman–Crippen MR) is 78.4 cm³/mol. The lowest BCUT2D eigenvalue weighted by Crippen LogP contribution is -2.41. The second kappa shape index (κ2) is 4.63. The summed E-state index contributed by atoms with van der Waals surface area (Å²) in [7, 11) is 0. The van der Waals surface area contributed by atoms with Crippen LogP contribution in [0.15, 0.2) is 40.3 Å². The molecule has 1 aromatic rings. The Bertz CT molecular complexity index is 583. The van der Waals surface area contributed by atoms with Crippen molar-refractivity contribution in [3.05, 3.63) is 30.3 Å². The molecule has 0 saturated heterocycles. The first-order valence-electron chi connectivity index (χ1n) is 6.71. The van der Waals surface area contributed by atoms with Crippen LogP contribution >= 0.6 is 0 Å². The first-order chi connectivity index (χ1) is 9.62. The molecule has 1 aliphatic carbocycles. The van der Waals surface area contributed by atoms with Crippen LogP contribution in [0.4, 0.5) is 5.69 Å². The van der Waals surface area contributed by atoms with E-state index < -0.39 is 5.54 Å². The van der Waals surface area contributed by atoms with Crippen molar-refractivity contribution in [3.8, 4) is 0 Å². The molecule has 3 rings (SSSR count). The molecule has 1 aromatic carbocycles. The third-order valence-corrected chi connectivity index (χ3v) is 3.79. The maximum Gasteiger partial charge on any atom is 0.261 e. The van der Waals surface area contributed by atoms with E-state index in [4.69, 9.17) is 11.5 Å². The van der Waals surface area contributed by atoms with Crippen LogP contribution in [0.2, 0.25) is 0 Å². The van der Waals surface area contributed by atoms with Gasteiger partial charge in [0.15, 0.2) is 5.96 Å². The van der Waals surface area contributed by atoms with E-state index >= 15 is 0 Å². The molecule has 6 heteroatoms. The van der Waals surface area contributed by atoms with Crippen molar-refractivity contribution in [1.29, 1.82) is 0 Å². The fourth-order valence-corrected chi connectivity index (χ4v) is 2.87. The first-order valence-corrected chi connectivity index (χ1v) is 6.71. The number of hydrogen-bond acceptors (Lipinski definition) is 3. The summed E-state index contributed by atoms with van der Waals surface area (Å²) in [4.78, 5) is 22.9. The second-order valence-corrected chi connectivity index (χ2v) is 5.16. The number of hydrogen-bond donors (Lipinski definition) is 2. The zero-order valence-corrected chi connectivity index (χ0v) is 11.1. The molecule has 1 heterocycles. The number of nitrogens with two attached hydrogens (primary N) is 2. The largest absolute Gasteiger partial charge is 0.370 e. The minimum absolute atomic E-state index is 0.0267. The van der Waals surface area contributed by atoms with Gasteiger partial charge in [0.2, 0.25) is 5.96 Å². The summed E-state index contributed by atoms with van der Waals surface area (Å²) in [6.07, 6.45) is 3.54. The molecule has 0 unspecified atom stereocenters. The Hall–Kier alpha value is -2.37. The van der Waals surface area contributed by atoms with Gasteiger partial charge in [-0.1, -0.05) is 31.0 Å². The first kappa shape index (κ1) is 12.7. The molecular weight excluding hydrogens is 254 g/mol. The van der Waals surface area contributed by atoms with E-state index in [2.05, 4.69) is 9.98 Å². The molecule has 1 amide bonds. The molecule has 0 aromatic heterocycles. The van der Waals surface area contributed by atoms with Gasteiger partial charge in [0.05, 0.1) is 5.69 Å². The predicted octanol–water partition coefficient (Wildman–Crippen LogP) is 0.975. The fraction of sp³-hybridized carbons (Fsp3) is 0.357. The Morgan fingerprint density at radius 3 is 2.45 bits per heavy atom. The lowest BCUT2D eigenvalue weighted by Gasteiger charge is -2.21. The van der Waals surface area contributed by atoms with Crippen molar-refractivity contribution >= 4 is 23.5 Å². The second-order valence-electron chi connectivity index (χ2n) is 5.16. The molecule has 4 N–H and O–H groups in total. The minimum Gasteiger partial charge on any atom is -0.370 e. The van der Waals surface area contributed by atoms with Gasteiger partial charge in [-0.2, -0.15) is 4.99 Å². The maximum atomic E-state index is 12.8. The fourth-order valence-electron chi connectivity index (χ4n) is 2.87. The molecule has 0 radical (unpaired) electrons. The molecule has 6 nitrogen and oxygen atoms in total. The van der Waals surface area contributed by atoms with Crippen molar-refractivity contribution in [3.63, 3.8) is 0 Å². The van der Waals surface area contributed by atoms with Crippen LogP contribution in [0, 0.1) is 0 Å². The summed E-state index contributed by atoms with van der Waals surface area (Å²) in [5, 5.41) is 0. The van der Waals surface area contributed by atoms with Gasteiger partial charge in [-0.25, -0.2) is 9.89 Å². The van der Waals surface area contributed by atoms with E-state index in [9.17, 15) is 4.79 Å². The number of amides is 1. The zero-order valence-electron chi connectivity index (χ0n) is 11.1. The minimum atomic E-state index is -0.663. The summed E-state index contributed by atoms with van der Waals surface area (Å²) in [6, 6.07) is 9.34. The Morgan fingerprint density at radius 2 is 1.85 bits per heavy atom. The van der Waals surface area contributed by atoms with Crippen LogP contribution in [0.1, 0.15) is 25.7 Å². The number of aliphatic imine (C=N–C) groups is 2. The number of carbonyl (C=O) groups excluding carboxylic acids is 1. The van der Waals surface area contributed by atoms with E-state index in [1.165, 1.54) is 4.90 Å². The summed E-state index contributed by atoms with van der Waals surface area (Å²) in [5.41, 5.74) is 11.0. The third kappa shape index (κ3) is 1.93. The summed E-state index contributed by atoms with van der Waals surface area (Å²) >= 11 is 0. The molecule has 1 aliphatic heterocycles. The van der Waals surface area contributed by atoms with Gasteiger partial charge >= 0.3 is 0 Å². The van der Waals surface area contributed by atoms with Gasteiger partial charge in [0.25, 0.3) is 5.91 Å². The van der Waals surface area contributed by atoms with E-state index in [1.807, 2.05) is 30.3 Å². The normalized spacial score (nSPS) is 20.3.